The van der Waals surface area contributed by atoms with Gasteiger partial charge in [0.15, 0.2) is 0 Å². The summed E-state index contributed by atoms with van der Waals surface area (Å²) in [5.41, 5.74) is 0.641. The molecule has 0 aliphatic rings. The fraction of sp³-hybridized carbons (Fsp3) is 0.211. The second kappa shape index (κ2) is 10.1. The molecule has 2 aromatic carbocycles. The maximum atomic E-state index is 11.9. The van der Waals surface area contributed by atoms with E-state index in [1.807, 2.05) is 48.5 Å². The highest BCUT2D eigenvalue weighted by Crippen LogP contribution is 2.23. The fourth-order valence-electron chi connectivity index (χ4n) is 2.01. The van der Waals surface area contributed by atoms with E-state index in [4.69, 9.17) is 9.47 Å². The summed E-state index contributed by atoms with van der Waals surface area (Å²) in [7, 11) is 0. The van der Waals surface area contributed by atoms with Gasteiger partial charge < -0.3 is 20.1 Å². The van der Waals surface area contributed by atoms with Crippen LogP contribution in [0.5, 0.6) is 11.5 Å². The van der Waals surface area contributed by atoms with E-state index in [0.29, 0.717) is 31.2 Å². The lowest BCUT2D eigenvalue weighted by molar-refractivity contribution is -0.115. The molecule has 0 aliphatic heterocycles. The second-order valence-corrected chi connectivity index (χ2v) is 4.97. The number of para-hydroxylation sites is 3. The molecule has 2 N–H and O–H groups in total. The molecular weight excluding hydrogens is 304 g/mol. The number of ether oxygens (including phenoxy) is 2. The van der Waals surface area contributed by atoms with E-state index in [1.54, 1.807) is 12.1 Å². The van der Waals surface area contributed by atoms with Crippen LogP contribution in [-0.4, -0.2) is 32.2 Å². The number of benzene rings is 2. The van der Waals surface area contributed by atoms with Crippen molar-refractivity contribution in [1.29, 1.82) is 0 Å². The van der Waals surface area contributed by atoms with Gasteiger partial charge in [0.2, 0.25) is 5.91 Å². The Morgan fingerprint density at radius 2 is 1.71 bits per heavy atom. The number of hydrogen-bond acceptors (Lipinski definition) is 4. The van der Waals surface area contributed by atoms with Crippen molar-refractivity contribution in [1.82, 2.24) is 5.32 Å². The van der Waals surface area contributed by atoms with Crippen LogP contribution >= 0.6 is 0 Å². The minimum absolute atomic E-state index is 0.131. The van der Waals surface area contributed by atoms with Crippen molar-refractivity contribution in [2.75, 3.05) is 31.6 Å². The number of amides is 1. The summed E-state index contributed by atoms with van der Waals surface area (Å²) in [4.78, 5) is 11.9. The first-order valence-electron chi connectivity index (χ1n) is 7.80. The largest absolute Gasteiger partial charge is 0.490 e. The number of carbonyl (C=O) groups is 1. The lowest BCUT2D eigenvalue weighted by Crippen LogP contribution is -2.28. The Balaban J connectivity index is 1.80. The molecule has 126 valence electrons. The SMILES string of the molecule is C=CCNCC(=O)Nc1ccccc1OCCOc1ccccc1. The third kappa shape index (κ3) is 6.14. The topological polar surface area (TPSA) is 59.6 Å². The summed E-state index contributed by atoms with van der Waals surface area (Å²) in [6.45, 7) is 5.21. The van der Waals surface area contributed by atoms with Gasteiger partial charge in [0.05, 0.1) is 12.2 Å². The van der Waals surface area contributed by atoms with Crippen LogP contribution in [0, 0.1) is 0 Å². The molecule has 0 aliphatic carbocycles. The van der Waals surface area contributed by atoms with Crippen LogP contribution in [-0.2, 0) is 4.79 Å². The zero-order chi connectivity index (χ0) is 17.0. The first kappa shape index (κ1) is 17.6. The molecule has 0 aromatic heterocycles. The molecule has 0 radical (unpaired) electrons. The summed E-state index contributed by atoms with van der Waals surface area (Å²) in [6.07, 6.45) is 1.71. The van der Waals surface area contributed by atoms with E-state index >= 15 is 0 Å². The zero-order valence-corrected chi connectivity index (χ0v) is 13.5. The molecule has 0 spiro atoms. The summed E-state index contributed by atoms with van der Waals surface area (Å²) in [5, 5.41) is 5.78. The predicted molar refractivity (Wildman–Crippen MR) is 95.6 cm³/mol. The Hall–Kier alpha value is -2.79. The van der Waals surface area contributed by atoms with Gasteiger partial charge >= 0.3 is 0 Å². The van der Waals surface area contributed by atoms with Gasteiger partial charge in [-0.05, 0) is 24.3 Å². The Labute approximate surface area is 142 Å². The van der Waals surface area contributed by atoms with Crippen molar-refractivity contribution in [2.24, 2.45) is 0 Å². The molecule has 2 aromatic rings. The average Bonchev–Trinajstić information content (AvgIpc) is 2.61. The Bertz CT molecular complexity index is 644. The quantitative estimate of drug-likeness (QED) is 0.521. The van der Waals surface area contributed by atoms with Crippen LogP contribution in [0.25, 0.3) is 0 Å². The van der Waals surface area contributed by atoms with Crippen molar-refractivity contribution in [3.05, 3.63) is 67.3 Å². The molecule has 1 amide bonds. The van der Waals surface area contributed by atoms with Crippen molar-refractivity contribution in [2.45, 2.75) is 0 Å². The maximum absolute atomic E-state index is 11.9. The lowest BCUT2D eigenvalue weighted by atomic mass is 10.3. The molecule has 5 heteroatoms. The molecular formula is C19H22N2O3. The molecule has 0 bridgehead atoms. The highest BCUT2D eigenvalue weighted by molar-refractivity contribution is 5.93. The van der Waals surface area contributed by atoms with Crippen LogP contribution in [0.3, 0.4) is 0 Å². The Morgan fingerprint density at radius 3 is 2.50 bits per heavy atom. The van der Waals surface area contributed by atoms with Crippen molar-refractivity contribution in [3.8, 4) is 11.5 Å². The molecule has 24 heavy (non-hydrogen) atoms. The third-order valence-electron chi connectivity index (χ3n) is 3.09. The molecule has 0 saturated heterocycles. The van der Waals surface area contributed by atoms with Gasteiger partial charge in [-0.2, -0.15) is 0 Å². The van der Waals surface area contributed by atoms with E-state index in [0.717, 1.165) is 5.75 Å². The highest BCUT2D eigenvalue weighted by Gasteiger charge is 2.07. The number of carbonyl (C=O) groups excluding carboxylic acids is 1. The number of nitrogens with one attached hydrogen (secondary N) is 2. The van der Waals surface area contributed by atoms with E-state index in [1.165, 1.54) is 0 Å². The van der Waals surface area contributed by atoms with E-state index in [2.05, 4.69) is 17.2 Å². The standard InChI is InChI=1S/C19H22N2O3/c1-2-12-20-15-19(22)21-17-10-6-7-11-18(17)24-14-13-23-16-8-4-3-5-9-16/h2-11,20H,1,12-15H2,(H,21,22). The zero-order valence-electron chi connectivity index (χ0n) is 13.5. The van der Waals surface area contributed by atoms with Crippen molar-refractivity contribution >= 4 is 11.6 Å². The molecule has 0 atom stereocenters. The van der Waals surface area contributed by atoms with Crippen LogP contribution in [0.1, 0.15) is 0 Å². The first-order chi connectivity index (χ1) is 11.8. The summed E-state index contributed by atoms with van der Waals surface area (Å²) < 4.78 is 11.3. The van der Waals surface area contributed by atoms with Gasteiger partial charge in [0, 0.05) is 6.54 Å². The average molecular weight is 326 g/mol. The summed E-state index contributed by atoms with van der Waals surface area (Å²) in [6, 6.07) is 16.9. The monoisotopic (exact) mass is 326 g/mol. The third-order valence-corrected chi connectivity index (χ3v) is 3.09. The van der Waals surface area contributed by atoms with Gasteiger partial charge in [0.25, 0.3) is 0 Å². The van der Waals surface area contributed by atoms with Gasteiger partial charge in [-0.1, -0.05) is 36.4 Å². The lowest BCUT2D eigenvalue weighted by Gasteiger charge is -2.13. The normalized spacial score (nSPS) is 10.0. The first-order valence-corrected chi connectivity index (χ1v) is 7.80. The molecule has 0 saturated carbocycles. The molecule has 0 unspecified atom stereocenters. The van der Waals surface area contributed by atoms with Crippen LogP contribution in [0.2, 0.25) is 0 Å². The predicted octanol–water partition coefficient (Wildman–Crippen LogP) is 2.86. The minimum atomic E-state index is -0.131. The molecule has 5 nitrogen and oxygen atoms in total. The van der Waals surface area contributed by atoms with Gasteiger partial charge in [-0.3, -0.25) is 4.79 Å². The number of anilines is 1. The summed E-state index contributed by atoms with van der Waals surface area (Å²) >= 11 is 0. The van der Waals surface area contributed by atoms with E-state index in [9.17, 15) is 4.79 Å². The smallest absolute Gasteiger partial charge is 0.238 e. The highest BCUT2D eigenvalue weighted by atomic mass is 16.5. The van der Waals surface area contributed by atoms with Crippen LogP contribution in [0.4, 0.5) is 5.69 Å². The van der Waals surface area contributed by atoms with Crippen molar-refractivity contribution < 1.29 is 14.3 Å². The minimum Gasteiger partial charge on any atom is -0.490 e. The fourth-order valence-corrected chi connectivity index (χ4v) is 2.01. The Morgan fingerprint density at radius 1 is 1.00 bits per heavy atom. The molecule has 0 fully saturated rings. The second-order valence-electron chi connectivity index (χ2n) is 4.97. The number of rotatable bonds is 10. The van der Waals surface area contributed by atoms with Gasteiger partial charge in [-0.25, -0.2) is 0 Å². The van der Waals surface area contributed by atoms with E-state index < -0.39 is 0 Å². The van der Waals surface area contributed by atoms with Gasteiger partial charge in [-0.15, -0.1) is 6.58 Å². The number of hydrogen-bond donors (Lipinski definition) is 2. The molecule has 2 rings (SSSR count). The Kier molecular flexibility index (Phi) is 7.37. The summed E-state index contributed by atoms with van der Waals surface area (Å²) in [5.74, 6) is 1.29. The van der Waals surface area contributed by atoms with Gasteiger partial charge in [0.1, 0.15) is 24.7 Å². The van der Waals surface area contributed by atoms with Crippen LogP contribution in [0.15, 0.2) is 67.3 Å². The molecule has 0 heterocycles. The van der Waals surface area contributed by atoms with Crippen molar-refractivity contribution in [3.63, 3.8) is 0 Å². The maximum Gasteiger partial charge on any atom is 0.238 e. The van der Waals surface area contributed by atoms with Crippen LogP contribution < -0.4 is 20.1 Å². The van der Waals surface area contributed by atoms with E-state index in [-0.39, 0.29) is 12.5 Å².